The quantitative estimate of drug-likeness (QED) is 0.906. The molecule has 1 fully saturated rings. The van der Waals surface area contributed by atoms with Crippen LogP contribution in [0.3, 0.4) is 0 Å². The van der Waals surface area contributed by atoms with E-state index in [0.717, 1.165) is 21.3 Å². The van der Waals surface area contributed by atoms with E-state index in [4.69, 9.17) is 17.3 Å². The van der Waals surface area contributed by atoms with E-state index >= 15 is 0 Å². The molecular weight excluding hydrogens is 320 g/mol. The van der Waals surface area contributed by atoms with Crippen molar-refractivity contribution in [3.8, 4) is 0 Å². The lowest BCUT2D eigenvalue weighted by Crippen LogP contribution is -2.35. The SMILES string of the molecule is CC1CC(C)N(C(CN)c2cc(Br)c(Cl)s2)C1. The molecule has 2 N–H and O–H groups in total. The molecular formula is C12H18BrClN2S. The van der Waals surface area contributed by atoms with Crippen LogP contribution in [0.1, 0.15) is 31.2 Å². The average Bonchev–Trinajstić information content (AvgIpc) is 2.74. The maximum atomic E-state index is 6.11. The van der Waals surface area contributed by atoms with Gasteiger partial charge in [-0.1, -0.05) is 18.5 Å². The Bertz CT molecular complexity index is 376. The van der Waals surface area contributed by atoms with E-state index in [0.29, 0.717) is 18.6 Å². The number of rotatable bonds is 3. The second-order valence-electron chi connectivity index (χ2n) is 4.91. The Morgan fingerprint density at radius 2 is 2.35 bits per heavy atom. The third-order valence-electron chi connectivity index (χ3n) is 3.45. The van der Waals surface area contributed by atoms with Crippen LogP contribution in [-0.4, -0.2) is 24.0 Å². The third-order valence-corrected chi connectivity index (χ3v) is 6.02. The molecule has 1 aromatic rings. The second kappa shape index (κ2) is 5.57. The van der Waals surface area contributed by atoms with Crippen LogP contribution in [-0.2, 0) is 0 Å². The summed E-state index contributed by atoms with van der Waals surface area (Å²) < 4.78 is 1.80. The van der Waals surface area contributed by atoms with Gasteiger partial charge < -0.3 is 5.73 Å². The summed E-state index contributed by atoms with van der Waals surface area (Å²) in [6.07, 6.45) is 1.26. The van der Waals surface area contributed by atoms with Crippen molar-refractivity contribution in [3.63, 3.8) is 0 Å². The molecule has 2 rings (SSSR count). The van der Waals surface area contributed by atoms with Crippen molar-refractivity contribution in [1.29, 1.82) is 0 Å². The van der Waals surface area contributed by atoms with E-state index < -0.39 is 0 Å². The molecule has 17 heavy (non-hydrogen) atoms. The zero-order chi connectivity index (χ0) is 12.6. The monoisotopic (exact) mass is 336 g/mol. The summed E-state index contributed by atoms with van der Waals surface area (Å²) in [6.45, 7) is 6.38. The predicted molar refractivity (Wildman–Crippen MR) is 78.8 cm³/mol. The highest BCUT2D eigenvalue weighted by molar-refractivity contribution is 9.10. The van der Waals surface area contributed by atoms with Crippen molar-refractivity contribution in [3.05, 3.63) is 19.8 Å². The van der Waals surface area contributed by atoms with Crippen LogP contribution in [0.4, 0.5) is 0 Å². The summed E-state index contributed by atoms with van der Waals surface area (Å²) in [4.78, 5) is 3.78. The van der Waals surface area contributed by atoms with Crippen molar-refractivity contribution in [1.82, 2.24) is 4.90 Å². The topological polar surface area (TPSA) is 29.3 Å². The molecule has 0 amide bonds. The zero-order valence-corrected chi connectivity index (χ0v) is 13.3. The Morgan fingerprint density at radius 3 is 2.76 bits per heavy atom. The molecule has 3 atom stereocenters. The highest BCUT2D eigenvalue weighted by Crippen LogP contribution is 2.39. The summed E-state index contributed by atoms with van der Waals surface area (Å²) in [7, 11) is 0. The third kappa shape index (κ3) is 2.87. The summed E-state index contributed by atoms with van der Waals surface area (Å²) in [6, 6.07) is 3.03. The molecule has 1 aliphatic rings. The maximum Gasteiger partial charge on any atom is 0.107 e. The molecule has 5 heteroatoms. The smallest absolute Gasteiger partial charge is 0.107 e. The second-order valence-corrected chi connectivity index (χ2v) is 7.45. The van der Waals surface area contributed by atoms with E-state index in [1.54, 1.807) is 11.3 Å². The molecule has 96 valence electrons. The number of nitrogens with zero attached hydrogens (tertiary/aromatic N) is 1. The number of likely N-dealkylation sites (tertiary alicyclic amines) is 1. The van der Waals surface area contributed by atoms with E-state index in [1.807, 2.05) is 0 Å². The summed E-state index contributed by atoms with van der Waals surface area (Å²) in [5.74, 6) is 0.762. The lowest BCUT2D eigenvalue weighted by molar-refractivity contribution is 0.195. The van der Waals surface area contributed by atoms with Gasteiger partial charge in [0.05, 0.1) is 6.04 Å². The van der Waals surface area contributed by atoms with Gasteiger partial charge in [-0.25, -0.2) is 0 Å². The molecule has 3 unspecified atom stereocenters. The molecule has 1 aliphatic heterocycles. The molecule has 0 aliphatic carbocycles. The fourth-order valence-corrected chi connectivity index (χ4v) is 4.58. The van der Waals surface area contributed by atoms with Crippen molar-refractivity contribution >= 4 is 38.9 Å². The average molecular weight is 338 g/mol. The van der Waals surface area contributed by atoms with Crippen LogP contribution in [0.25, 0.3) is 0 Å². The summed E-state index contributed by atoms with van der Waals surface area (Å²) in [5, 5.41) is 0. The molecule has 0 spiro atoms. The van der Waals surface area contributed by atoms with Crippen LogP contribution in [0.5, 0.6) is 0 Å². The van der Waals surface area contributed by atoms with Gasteiger partial charge in [0.1, 0.15) is 4.34 Å². The molecule has 0 saturated carbocycles. The Kier molecular flexibility index (Phi) is 4.53. The molecule has 1 aromatic heterocycles. The molecule has 2 heterocycles. The minimum atomic E-state index is 0.309. The lowest BCUT2D eigenvalue weighted by atomic mass is 10.1. The number of halogens is 2. The molecule has 1 saturated heterocycles. The Labute approximate surface area is 120 Å². The van der Waals surface area contributed by atoms with Gasteiger partial charge in [0.2, 0.25) is 0 Å². The van der Waals surface area contributed by atoms with E-state index in [2.05, 4.69) is 40.7 Å². The first kappa shape index (κ1) is 13.8. The molecule has 2 nitrogen and oxygen atoms in total. The van der Waals surface area contributed by atoms with Crippen molar-refractivity contribution < 1.29 is 0 Å². The van der Waals surface area contributed by atoms with E-state index in [-0.39, 0.29) is 0 Å². The maximum absolute atomic E-state index is 6.11. The molecule has 0 radical (unpaired) electrons. The Hall–Kier alpha value is 0.390. The van der Waals surface area contributed by atoms with Crippen molar-refractivity contribution in [2.45, 2.75) is 32.4 Å². The predicted octanol–water partition coefficient (Wildman–Crippen LogP) is 3.89. The summed E-state index contributed by atoms with van der Waals surface area (Å²) in [5.41, 5.74) is 5.96. The van der Waals surface area contributed by atoms with Gasteiger partial charge in [-0.2, -0.15) is 0 Å². The zero-order valence-electron chi connectivity index (χ0n) is 10.1. The van der Waals surface area contributed by atoms with E-state index in [9.17, 15) is 0 Å². The van der Waals surface area contributed by atoms with E-state index in [1.165, 1.54) is 11.3 Å². The minimum Gasteiger partial charge on any atom is -0.329 e. The van der Waals surface area contributed by atoms with Gasteiger partial charge in [0, 0.05) is 28.5 Å². The molecule has 0 bridgehead atoms. The van der Waals surface area contributed by atoms with Gasteiger partial charge in [0.25, 0.3) is 0 Å². The number of hydrogen-bond donors (Lipinski definition) is 1. The van der Waals surface area contributed by atoms with Gasteiger partial charge >= 0.3 is 0 Å². The Morgan fingerprint density at radius 1 is 1.65 bits per heavy atom. The van der Waals surface area contributed by atoms with Crippen LogP contribution < -0.4 is 5.73 Å². The fourth-order valence-electron chi connectivity index (χ4n) is 2.71. The first-order valence-corrected chi connectivity index (χ1v) is 7.92. The Balaban J connectivity index is 2.21. The molecule has 0 aromatic carbocycles. The van der Waals surface area contributed by atoms with Gasteiger partial charge in [-0.05, 0) is 41.3 Å². The van der Waals surface area contributed by atoms with Crippen LogP contribution in [0, 0.1) is 5.92 Å². The lowest BCUT2D eigenvalue weighted by Gasteiger charge is -2.29. The number of thiophene rings is 1. The van der Waals surface area contributed by atoms with Gasteiger partial charge in [0.15, 0.2) is 0 Å². The minimum absolute atomic E-state index is 0.309. The number of nitrogens with two attached hydrogens (primary N) is 1. The summed E-state index contributed by atoms with van der Waals surface area (Å²) >= 11 is 11.2. The van der Waals surface area contributed by atoms with Gasteiger partial charge in [-0.3, -0.25) is 4.90 Å². The van der Waals surface area contributed by atoms with Crippen molar-refractivity contribution in [2.75, 3.05) is 13.1 Å². The fraction of sp³-hybridized carbons (Fsp3) is 0.667. The first-order chi connectivity index (χ1) is 8.02. The highest BCUT2D eigenvalue weighted by atomic mass is 79.9. The first-order valence-electron chi connectivity index (χ1n) is 5.93. The van der Waals surface area contributed by atoms with Crippen LogP contribution >= 0.6 is 38.9 Å². The van der Waals surface area contributed by atoms with Gasteiger partial charge in [-0.15, -0.1) is 11.3 Å². The largest absolute Gasteiger partial charge is 0.329 e. The van der Waals surface area contributed by atoms with Crippen molar-refractivity contribution in [2.24, 2.45) is 11.7 Å². The highest BCUT2D eigenvalue weighted by Gasteiger charge is 2.32. The standard InChI is InChI=1S/C12H18BrClN2S/c1-7-3-8(2)16(6-7)10(5-15)11-4-9(13)12(14)17-11/h4,7-8,10H,3,5-6,15H2,1-2H3. The number of hydrogen-bond acceptors (Lipinski definition) is 3. The normalized spacial score (nSPS) is 27.6. The van der Waals surface area contributed by atoms with Crippen LogP contribution in [0.15, 0.2) is 10.5 Å². The van der Waals surface area contributed by atoms with Crippen LogP contribution in [0.2, 0.25) is 4.34 Å².